The molecule has 3 aliphatic rings. The number of H-pyrrole nitrogens is 1. The molecule has 0 bridgehead atoms. The lowest BCUT2D eigenvalue weighted by atomic mass is 10.0. The van der Waals surface area contributed by atoms with Crippen LogP contribution in [-0.2, 0) is 25.6 Å². The van der Waals surface area contributed by atoms with Crippen LogP contribution in [0.5, 0.6) is 0 Å². The highest BCUT2D eigenvalue weighted by Crippen LogP contribution is 2.32. The number of aliphatic carboxylic acids is 2. The highest BCUT2D eigenvalue weighted by molar-refractivity contribution is 6.16. The molecule has 0 fully saturated rings. The third-order valence-corrected chi connectivity index (χ3v) is 7.38. The van der Waals surface area contributed by atoms with Crippen molar-refractivity contribution in [2.24, 2.45) is 4.99 Å². The maximum Gasteiger partial charge on any atom is 0.303 e. The van der Waals surface area contributed by atoms with Gasteiger partial charge in [-0.3, -0.25) is 19.2 Å². The summed E-state index contributed by atoms with van der Waals surface area (Å²) < 4.78 is 0. The fourth-order valence-electron chi connectivity index (χ4n) is 5.03. The Morgan fingerprint density at radius 3 is 2.10 bits per heavy atom. The van der Waals surface area contributed by atoms with Crippen molar-refractivity contribution in [2.45, 2.75) is 46.5 Å². The zero-order valence-electron chi connectivity index (χ0n) is 23.7. The zero-order chi connectivity index (χ0) is 30.7. The van der Waals surface area contributed by atoms with Gasteiger partial charge in [0.15, 0.2) is 0 Å². The van der Waals surface area contributed by atoms with E-state index >= 15 is 0 Å². The molecule has 10 nitrogen and oxygen atoms in total. The third kappa shape index (κ3) is 6.07. The number of nitrogens with zero attached hydrogens (tertiary/aromatic N) is 1. The average molecular weight is 569 g/mol. The second kappa shape index (κ2) is 12.1. The van der Waals surface area contributed by atoms with Gasteiger partial charge in [-0.1, -0.05) is 25.3 Å². The van der Waals surface area contributed by atoms with Crippen LogP contribution in [0.15, 0.2) is 93.0 Å². The van der Waals surface area contributed by atoms with Gasteiger partial charge in [-0.05, 0) is 74.6 Å². The standard InChI is InChI=1S/C32H32N4O6/c1-6-21-16(3)24(34-26(21)15-27-22(7-2)17(4)31(41)35-27)13-20-12-19(8-10-29(37)38)25(33-20)14-28-23(9-11-30(39)40)18(5)32(42)36-28/h6-7,12-15,33H,1-2,8-11H2,3-5H3,(H,35,41)(H,36,42)(H,37,38)(H,39,40)/b24-13+,27-15-,28-14-. The number of carboxylic acids is 2. The summed E-state index contributed by atoms with van der Waals surface area (Å²) in [7, 11) is 0. The molecule has 1 aromatic rings. The van der Waals surface area contributed by atoms with E-state index in [0.29, 0.717) is 62.0 Å². The number of aliphatic imine (C=N–C) groups is 1. The van der Waals surface area contributed by atoms with Gasteiger partial charge in [-0.15, -0.1) is 0 Å². The molecule has 4 rings (SSSR count). The Morgan fingerprint density at radius 1 is 0.833 bits per heavy atom. The van der Waals surface area contributed by atoms with Crippen LogP contribution < -0.4 is 10.6 Å². The molecule has 0 atom stereocenters. The van der Waals surface area contributed by atoms with E-state index in [1.54, 1.807) is 38.2 Å². The first-order valence-corrected chi connectivity index (χ1v) is 13.3. The quantitative estimate of drug-likeness (QED) is 0.264. The number of hydrogen-bond acceptors (Lipinski definition) is 5. The van der Waals surface area contributed by atoms with E-state index in [2.05, 4.69) is 28.8 Å². The number of aryl methyl sites for hydroxylation is 1. The highest BCUT2D eigenvalue weighted by Gasteiger charge is 2.26. The van der Waals surface area contributed by atoms with Gasteiger partial charge in [-0.25, -0.2) is 4.99 Å². The molecule has 10 heteroatoms. The Kier molecular flexibility index (Phi) is 8.56. The predicted molar refractivity (Wildman–Crippen MR) is 160 cm³/mol. The van der Waals surface area contributed by atoms with Gasteiger partial charge in [0.2, 0.25) is 0 Å². The maximum absolute atomic E-state index is 12.4. The average Bonchev–Trinajstić information content (AvgIpc) is 3.61. The number of carbonyl (C=O) groups excluding carboxylic acids is 2. The molecule has 0 saturated heterocycles. The number of hydrogen-bond donors (Lipinski definition) is 5. The molecular formula is C32H32N4O6. The van der Waals surface area contributed by atoms with E-state index in [9.17, 15) is 24.3 Å². The number of allylic oxidation sites excluding steroid dienone is 6. The zero-order valence-corrected chi connectivity index (χ0v) is 23.7. The number of aromatic nitrogens is 1. The van der Waals surface area contributed by atoms with Gasteiger partial charge in [0.25, 0.3) is 11.8 Å². The summed E-state index contributed by atoms with van der Waals surface area (Å²) >= 11 is 0. The Hall–Kier alpha value is -5.25. The minimum atomic E-state index is -0.971. The summed E-state index contributed by atoms with van der Waals surface area (Å²) in [6.45, 7) is 13.0. The molecule has 0 aliphatic carbocycles. The Bertz CT molecular complexity index is 1670. The molecule has 4 heterocycles. The van der Waals surface area contributed by atoms with Crippen LogP contribution in [0, 0.1) is 0 Å². The van der Waals surface area contributed by atoms with Crippen molar-refractivity contribution in [1.82, 2.24) is 15.6 Å². The minimum Gasteiger partial charge on any atom is -0.481 e. The van der Waals surface area contributed by atoms with E-state index in [-0.39, 0.29) is 37.5 Å². The molecule has 216 valence electrons. The van der Waals surface area contributed by atoms with E-state index in [0.717, 1.165) is 11.1 Å². The van der Waals surface area contributed by atoms with Crippen LogP contribution in [0.4, 0.5) is 0 Å². The van der Waals surface area contributed by atoms with Crippen LogP contribution in [0.25, 0.3) is 12.2 Å². The fraction of sp³-hybridized carbons (Fsp3) is 0.219. The molecule has 42 heavy (non-hydrogen) atoms. The van der Waals surface area contributed by atoms with Gasteiger partial charge >= 0.3 is 11.9 Å². The molecular weight excluding hydrogens is 536 g/mol. The minimum absolute atomic E-state index is 0.100. The van der Waals surface area contributed by atoms with Crippen molar-refractivity contribution in [3.8, 4) is 0 Å². The third-order valence-electron chi connectivity index (χ3n) is 7.38. The smallest absolute Gasteiger partial charge is 0.303 e. The van der Waals surface area contributed by atoms with E-state index in [4.69, 9.17) is 10.1 Å². The predicted octanol–water partition coefficient (Wildman–Crippen LogP) is 4.50. The summed E-state index contributed by atoms with van der Waals surface area (Å²) in [4.78, 5) is 55.2. The number of carboxylic acid groups (broad SMARTS) is 2. The van der Waals surface area contributed by atoms with E-state index in [1.165, 1.54) is 0 Å². The van der Waals surface area contributed by atoms with Crippen molar-refractivity contribution in [3.05, 3.63) is 105 Å². The largest absolute Gasteiger partial charge is 0.481 e. The molecule has 0 saturated carbocycles. The topological polar surface area (TPSA) is 161 Å². The Balaban J connectivity index is 1.74. The number of rotatable bonds is 11. The van der Waals surface area contributed by atoms with Gasteiger partial charge in [0, 0.05) is 52.2 Å². The first-order chi connectivity index (χ1) is 19.9. The van der Waals surface area contributed by atoms with Crippen molar-refractivity contribution >= 4 is 41.6 Å². The molecule has 3 aliphatic heterocycles. The number of carbonyl (C=O) groups is 4. The van der Waals surface area contributed by atoms with Crippen LogP contribution >= 0.6 is 0 Å². The maximum atomic E-state index is 12.4. The summed E-state index contributed by atoms with van der Waals surface area (Å²) in [6.07, 6.45) is 8.84. The molecule has 5 N–H and O–H groups in total. The highest BCUT2D eigenvalue weighted by atomic mass is 16.4. The van der Waals surface area contributed by atoms with Crippen molar-refractivity contribution in [1.29, 1.82) is 0 Å². The monoisotopic (exact) mass is 568 g/mol. The summed E-state index contributed by atoms with van der Waals surface area (Å²) in [5.41, 5.74) is 8.32. The van der Waals surface area contributed by atoms with Crippen LogP contribution in [0.3, 0.4) is 0 Å². The SMILES string of the molecule is C=CC1=C(C)/C(=C\c2cc(CCC(=O)O)c(/C=C3\NC(=O)C(C)=C3CCC(=O)O)[nH]2)N=C1/C=C1\NC(=O)C(C)=C1C=C. The van der Waals surface area contributed by atoms with E-state index < -0.39 is 11.9 Å². The van der Waals surface area contributed by atoms with Gasteiger partial charge in [-0.2, -0.15) is 0 Å². The number of aromatic amines is 1. The first kappa shape index (κ1) is 29.7. The summed E-state index contributed by atoms with van der Waals surface area (Å²) in [6, 6.07) is 1.83. The fourth-order valence-corrected chi connectivity index (χ4v) is 5.03. The van der Waals surface area contributed by atoms with Crippen LogP contribution in [-0.4, -0.2) is 44.7 Å². The number of amides is 2. The Morgan fingerprint density at radius 2 is 1.45 bits per heavy atom. The second-order valence-corrected chi connectivity index (χ2v) is 10.1. The lowest BCUT2D eigenvalue weighted by molar-refractivity contribution is -0.138. The number of nitrogens with one attached hydrogen (secondary N) is 3. The van der Waals surface area contributed by atoms with Gasteiger partial charge in [0.05, 0.1) is 17.1 Å². The molecule has 0 unspecified atom stereocenters. The lowest BCUT2D eigenvalue weighted by Crippen LogP contribution is -2.16. The molecule has 1 aromatic heterocycles. The molecule has 0 aromatic carbocycles. The van der Waals surface area contributed by atoms with Crippen LogP contribution in [0.2, 0.25) is 0 Å². The van der Waals surface area contributed by atoms with Gasteiger partial charge in [0.1, 0.15) is 0 Å². The first-order valence-electron chi connectivity index (χ1n) is 13.3. The second-order valence-electron chi connectivity index (χ2n) is 10.1. The van der Waals surface area contributed by atoms with Crippen molar-refractivity contribution < 1.29 is 29.4 Å². The molecule has 0 spiro atoms. The van der Waals surface area contributed by atoms with Gasteiger partial charge < -0.3 is 25.8 Å². The molecule has 2 amide bonds. The summed E-state index contributed by atoms with van der Waals surface area (Å²) in [5.74, 6) is -2.41. The van der Waals surface area contributed by atoms with Crippen molar-refractivity contribution in [3.63, 3.8) is 0 Å². The lowest BCUT2D eigenvalue weighted by Gasteiger charge is -2.06. The normalized spacial score (nSPS) is 19.8. The Labute approximate surface area is 243 Å². The van der Waals surface area contributed by atoms with E-state index in [1.807, 2.05) is 19.1 Å². The van der Waals surface area contributed by atoms with Crippen molar-refractivity contribution in [2.75, 3.05) is 0 Å². The summed E-state index contributed by atoms with van der Waals surface area (Å²) in [5, 5.41) is 24.1. The van der Waals surface area contributed by atoms with Crippen LogP contribution in [0.1, 0.15) is 57.0 Å². The molecule has 0 radical (unpaired) electrons.